The molecule has 0 radical (unpaired) electrons. The standard InChI is InChI=1S/C7H9BrOS2/c8-7-2-1-6(11-7)5(3-9)4-10/h1-2,5,9-10H,3-4H2. The van der Waals surface area contributed by atoms with E-state index in [0.717, 1.165) is 3.79 Å². The lowest BCUT2D eigenvalue weighted by Crippen LogP contribution is -2.02. The van der Waals surface area contributed by atoms with Crippen LogP contribution in [0, 0.1) is 0 Å². The van der Waals surface area contributed by atoms with Crippen LogP contribution in [0.4, 0.5) is 0 Å². The molecule has 1 unspecified atom stereocenters. The van der Waals surface area contributed by atoms with Crippen molar-refractivity contribution in [3.8, 4) is 0 Å². The van der Waals surface area contributed by atoms with Crippen LogP contribution < -0.4 is 0 Å². The van der Waals surface area contributed by atoms with Gasteiger partial charge in [0.2, 0.25) is 0 Å². The molecule has 4 heteroatoms. The van der Waals surface area contributed by atoms with E-state index in [0.29, 0.717) is 5.75 Å². The number of aliphatic hydroxyl groups excluding tert-OH is 1. The molecule has 0 saturated carbocycles. The van der Waals surface area contributed by atoms with E-state index in [2.05, 4.69) is 28.6 Å². The molecule has 1 aromatic heterocycles. The molecule has 0 aliphatic carbocycles. The van der Waals surface area contributed by atoms with Crippen molar-refractivity contribution in [1.29, 1.82) is 0 Å². The molecule has 0 amide bonds. The van der Waals surface area contributed by atoms with Gasteiger partial charge in [0.15, 0.2) is 0 Å². The summed E-state index contributed by atoms with van der Waals surface area (Å²) in [4.78, 5) is 1.19. The molecule has 1 aromatic rings. The molecule has 0 fully saturated rings. The van der Waals surface area contributed by atoms with Crippen molar-refractivity contribution in [2.24, 2.45) is 0 Å². The summed E-state index contributed by atoms with van der Waals surface area (Å²) in [5.74, 6) is 0.887. The quantitative estimate of drug-likeness (QED) is 0.793. The average molecular weight is 253 g/mol. The molecule has 0 aliphatic heterocycles. The Kier molecular flexibility index (Phi) is 3.92. The minimum absolute atomic E-state index is 0.177. The first-order chi connectivity index (χ1) is 5.27. The highest BCUT2D eigenvalue weighted by Gasteiger charge is 2.09. The molecule has 0 saturated heterocycles. The normalized spacial score (nSPS) is 13.4. The Morgan fingerprint density at radius 2 is 2.36 bits per heavy atom. The molecule has 1 N–H and O–H groups in total. The second kappa shape index (κ2) is 4.50. The van der Waals surface area contributed by atoms with Gasteiger partial charge in [0.25, 0.3) is 0 Å². The summed E-state index contributed by atoms with van der Waals surface area (Å²) >= 11 is 9.17. The zero-order chi connectivity index (χ0) is 8.27. The predicted molar refractivity (Wildman–Crippen MR) is 55.7 cm³/mol. The number of aliphatic hydroxyl groups is 1. The van der Waals surface area contributed by atoms with Crippen LogP contribution in [-0.2, 0) is 0 Å². The van der Waals surface area contributed by atoms with Crippen LogP contribution in [0.15, 0.2) is 15.9 Å². The molecule has 1 heterocycles. The number of thiol groups is 1. The molecule has 1 atom stereocenters. The maximum Gasteiger partial charge on any atom is 0.0701 e. The summed E-state index contributed by atoms with van der Waals surface area (Å²) in [6.45, 7) is 0.177. The lowest BCUT2D eigenvalue weighted by Gasteiger charge is -2.06. The van der Waals surface area contributed by atoms with Gasteiger partial charge in [-0.05, 0) is 28.1 Å². The molecule has 1 rings (SSSR count). The Morgan fingerprint density at radius 1 is 1.64 bits per heavy atom. The van der Waals surface area contributed by atoms with Gasteiger partial charge >= 0.3 is 0 Å². The van der Waals surface area contributed by atoms with Gasteiger partial charge in [-0.2, -0.15) is 12.6 Å². The smallest absolute Gasteiger partial charge is 0.0701 e. The summed E-state index contributed by atoms with van der Waals surface area (Å²) in [6.07, 6.45) is 0. The van der Waals surface area contributed by atoms with Crippen molar-refractivity contribution < 1.29 is 5.11 Å². The fraction of sp³-hybridized carbons (Fsp3) is 0.429. The van der Waals surface area contributed by atoms with E-state index in [9.17, 15) is 0 Å². The van der Waals surface area contributed by atoms with Crippen molar-refractivity contribution in [2.75, 3.05) is 12.4 Å². The summed E-state index contributed by atoms with van der Waals surface area (Å²) in [5, 5.41) is 8.93. The lowest BCUT2D eigenvalue weighted by molar-refractivity contribution is 0.276. The predicted octanol–water partition coefficient (Wildman–Crippen LogP) is 2.52. The van der Waals surface area contributed by atoms with Gasteiger partial charge < -0.3 is 5.11 Å². The van der Waals surface area contributed by atoms with Crippen LogP contribution in [0.3, 0.4) is 0 Å². The monoisotopic (exact) mass is 252 g/mol. The first-order valence-corrected chi connectivity index (χ1v) is 5.49. The van der Waals surface area contributed by atoms with E-state index in [4.69, 9.17) is 5.11 Å². The summed E-state index contributed by atoms with van der Waals surface area (Å²) in [5.41, 5.74) is 0. The largest absolute Gasteiger partial charge is 0.396 e. The third kappa shape index (κ3) is 2.47. The van der Waals surface area contributed by atoms with Crippen molar-refractivity contribution in [2.45, 2.75) is 5.92 Å². The fourth-order valence-electron chi connectivity index (χ4n) is 0.785. The summed E-state index contributed by atoms with van der Waals surface area (Å²) in [7, 11) is 0. The Morgan fingerprint density at radius 3 is 2.73 bits per heavy atom. The van der Waals surface area contributed by atoms with E-state index >= 15 is 0 Å². The van der Waals surface area contributed by atoms with Crippen molar-refractivity contribution >= 4 is 39.9 Å². The third-order valence-electron chi connectivity index (χ3n) is 1.44. The number of thiophene rings is 1. The van der Waals surface area contributed by atoms with Crippen LogP contribution in [0.25, 0.3) is 0 Å². The van der Waals surface area contributed by atoms with E-state index < -0.39 is 0 Å². The van der Waals surface area contributed by atoms with Gasteiger partial charge in [0, 0.05) is 16.5 Å². The Bertz CT molecular complexity index is 220. The van der Waals surface area contributed by atoms with Crippen LogP contribution in [0.2, 0.25) is 0 Å². The van der Waals surface area contributed by atoms with Crippen LogP contribution in [0.5, 0.6) is 0 Å². The van der Waals surface area contributed by atoms with Crippen molar-refractivity contribution in [3.05, 3.63) is 20.8 Å². The maximum atomic E-state index is 8.93. The zero-order valence-electron chi connectivity index (χ0n) is 5.83. The molecule has 0 aromatic carbocycles. The molecule has 0 bridgehead atoms. The number of hydrogen-bond donors (Lipinski definition) is 2. The maximum absolute atomic E-state index is 8.93. The molecule has 62 valence electrons. The van der Waals surface area contributed by atoms with E-state index in [1.54, 1.807) is 11.3 Å². The van der Waals surface area contributed by atoms with Crippen LogP contribution in [0.1, 0.15) is 10.8 Å². The van der Waals surface area contributed by atoms with Gasteiger partial charge in [-0.3, -0.25) is 0 Å². The average Bonchev–Trinajstić information content (AvgIpc) is 2.39. The zero-order valence-corrected chi connectivity index (χ0v) is 9.12. The Hall–Kier alpha value is 0.490. The summed E-state index contributed by atoms with van der Waals surface area (Å²) < 4.78 is 1.10. The Balaban J connectivity index is 2.73. The molecular formula is C7H9BrOS2. The van der Waals surface area contributed by atoms with E-state index in [1.165, 1.54) is 4.88 Å². The van der Waals surface area contributed by atoms with Crippen molar-refractivity contribution in [3.63, 3.8) is 0 Å². The third-order valence-corrected chi connectivity index (χ3v) is 3.66. The first kappa shape index (κ1) is 9.58. The van der Waals surface area contributed by atoms with Crippen LogP contribution >= 0.6 is 39.9 Å². The Labute approximate surface area is 84.0 Å². The van der Waals surface area contributed by atoms with E-state index in [-0.39, 0.29) is 12.5 Å². The molecule has 0 spiro atoms. The van der Waals surface area contributed by atoms with Gasteiger partial charge in [-0.15, -0.1) is 11.3 Å². The van der Waals surface area contributed by atoms with Gasteiger partial charge in [0.1, 0.15) is 0 Å². The van der Waals surface area contributed by atoms with Crippen molar-refractivity contribution in [1.82, 2.24) is 0 Å². The lowest BCUT2D eigenvalue weighted by atomic mass is 10.1. The second-order valence-corrected chi connectivity index (χ2v) is 5.06. The number of rotatable bonds is 3. The highest BCUT2D eigenvalue weighted by molar-refractivity contribution is 9.11. The minimum Gasteiger partial charge on any atom is -0.396 e. The molecule has 1 nitrogen and oxygen atoms in total. The highest BCUT2D eigenvalue weighted by atomic mass is 79.9. The van der Waals surface area contributed by atoms with Gasteiger partial charge in [-0.25, -0.2) is 0 Å². The number of hydrogen-bond acceptors (Lipinski definition) is 3. The molecule has 0 aliphatic rings. The fourth-order valence-corrected chi connectivity index (χ4v) is 2.74. The second-order valence-electron chi connectivity index (χ2n) is 2.20. The summed E-state index contributed by atoms with van der Waals surface area (Å²) in [6, 6.07) is 4.01. The van der Waals surface area contributed by atoms with Crippen LogP contribution in [-0.4, -0.2) is 17.5 Å². The minimum atomic E-state index is 0.177. The van der Waals surface area contributed by atoms with E-state index in [1.807, 2.05) is 12.1 Å². The van der Waals surface area contributed by atoms with Gasteiger partial charge in [0.05, 0.1) is 10.4 Å². The molecule has 11 heavy (non-hydrogen) atoms. The van der Waals surface area contributed by atoms with Gasteiger partial charge in [-0.1, -0.05) is 0 Å². The SMILES string of the molecule is OCC(CS)c1ccc(Br)s1. The number of halogens is 1. The first-order valence-electron chi connectivity index (χ1n) is 3.25. The molecular weight excluding hydrogens is 244 g/mol. The topological polar surface area (TPSA) is 20.2 Å². The highest BCUT2D eigenvalue weighted by Crippen LogP contribution is 2.28.